The van der Waals surface area contributed by atoms with Gasteiger partial charge in [0.05, 0.1) is 0 Å². The van der Waals surface area contributed by atoms with Gasteiger partial charge >= 0.3 is 0 Å². The number of rotatable bonds is 3. The fourth-order valence-electron chi connectivity index (χ4n) is 1.44. The normalized spacial score (nSPS) is 11.7. The summed E-state index contributed by atoms with van der Waals surface area (Å²) in [5, 5.41) is 1.85. The number of nitrogen functional groups attached to an aromatic ring is 1. The van der Waals surface area contributed by atoms with Gasteiger partial charge in [0.15, 0.2) is 9.84 Å². The number of thiazole rings is 1. The minimum atomic E-state index is -4.12. The molecule has 0 fully saturated rings. The lowest BCUT2D eigenvalue weighted by Crippen LogP contribution is -2.10. The number of sulfone groups is 1. The van der Waals surface area contributed by atoms with Crippen LogP contribution in [0.15, 0.2) is 28.6 Å². The number of benzene rings is 1. The van der Waals surface area contributed by atoms with Crippen molar-refractivity contribution in [1.29, 1.82) is 0 Å². The summed E-state index contributed by atoms with van der Waals surface area (Å²) in [6.45, 7) is 0. The van der Waals surface area contributed by atoms with Gasteiger partial charge in [0.1, 0.15) is 27.3 Å². The number of nitrogens with two attached hydrogens (primary N) is 1. The second-order valence-electron chi connectivity index (χ2n) is 3.50. The highest BCUT2D eigenvalue weighted by Crippen LogP contribution is 2.25. The van der Waals surface area contributed by atoms with Crippen LogP contribution in [-0.4, -0.2) is 13.4 Å². The quantitative estimate of drug-likeness (QED) is 0.877. The second-order valence-corrected chi connectivity index (χ2v) is 6.40. The zero-order valence-corrected chi connectivity index (χ0v) is 10.6. The molecular formula is C10H8F2N2O2S2. The Morgan fingerprint density at radius 1 is 1.28 bits per heavy atom. The van der Waals surface area contributed by atoms with Gasteiger partial charge in [-0.2, -0.15) is 0 Å². The van der Waals surface area contributed by atoms with Crippen molar-refractivity contribution in [2.45, 2.75) is 10.6 Å². The molecular weight excluding hydrogens is 282 g/mol. The highest BCUT2D eigenvalue weighted by molar-refractivity contribution is 7.90. The maximum atomic E-state index is 13.5. The number of hydrogen-bond acceptors (Lipinski definition) is 5. The molecule has 0 unspecified atom stereocenters. The maximum Gasteiger partial charge on any atom is 0.190 e. The van der Waals surface area contributed by atoms with Gasteiger partial charge in [-0.1, -0.05) is 0 Å². The number of aromatic nitrogens is 1. The number of nitrogens with zero attached hydrogens (tertiary/aromatic N) is 1. The van der Waals surface area contributed by atoms with Gasteiger partial charge in [-0.05, 0) is 12.1 Å². The predicted molar refractivity (Wildman–Crippen MR) is 63.8 cm³/mol. The van der Waals surface area contributed by atoms with Crippen molar-refractivity contribution in [3.05, 3.63) is 40.4 Å². The minimum absolute atomic E-state index is 0.168. The first kappa shape index (κ1) is 12.9. The van der Waals surface area contributed by atoms with Crippen LogP contribution in [0.25, 0.3) is 0 Å². The summed E-state index contributed by atoms with van der Waals surface area (Å²) >= 11 is 1.10. The van der Waals surface area contributed by atoms with Gasteiger partial charge in [-0.25, -0.2) is 22.2 Å². The van der Waals surface area contributed by atoms with Crippen LogP contribution in [0.2, 0.25) is 0 Å². The van der Waals surface area contributed by atoms with Crippen molar-refractivity contribution in [3.8, 4) is 0 Å². The first-order valence-corrected chi connectivity index (χ1v) is 7.29. The van der Waals surface area contributed by atoms with Crippen LogP contribution in [0, 0.1) is 11.6 Å². The summed E-state index contributed by atoms with van der Waals surface area (Å²) < 4.78 is 50.8. The average molecular weight is 290 g/mol. The van der Waals surface area contributed by atoms with E-state index in [2.05, 4.69) is 4.98 Å². The van der Waals surface area contributed by atoms with E-state index in [-0.39, 0.29) is 10.7 Å². The minimum Gasteiger partial charge on any atom is -0.399 e. The third-order valence-corrected chi connectivity index (χ3v) is 4.76. The number of halogens is 2. The number of anilines is 1. The monoisotopic (exact) mass is 290 g/mol. The van der Waals surface area contributed by atoms with E-state index in [1.54, 1.807) is 5.38 Å². The van der Waals surface area contributed by atoms with Crippen molar-refractivity contribution >= 4 is 26.9 Å². The van der Waals surface area contributed by atoms with Gasteiger partial charge in [-0.15, -0.1) is 11.3 Å². The van der Waals surface area contributed by atoms with Crippen LogP contribution in [-0.2, 0) is 15.6 Å². The highest BCUT2D eigenvalue weighted by Gasteiger charge is 2.25. The molecule has 0 saturated heterocycles. The third-order valence-electron chi connectivity index (χ3n) is 2.13. The molecule has 8 heteroatoms. The zero-order chi connectivity index (χ0) is 13.3. The average Bonchev–Trinajstić information content (AvgIpc) is 2.66. The molecule has 0 aliphatic rings. The smallest absolute Gasteiger partial charge is 0.190 e. The van der Waals surface area contributed by atoms with E-state index in [1.807, 2.05) is 0 Å². The van der Waals surface area contributed by atoms with Crippen LogP contribution in [0.4, 0.5) is 14.5 Å². The Bertz CT molecular complexity index is 646. The van der Waals surface area contributed by atoms with Crippen molar-refractivity contribution in [3.63, 3.8) is 0 Å². The molecule has 18 heavy (non-hydrogen) atoms. The van der Waals surface area contributed by atoms with Crippen molar-refractivity contribution < 1.29 is 17.2 Å². The fraction of sp³-hybridized carbons (Fsp3) is 0.100. The Hall–Kier alpha value is -1.54. The van der Waals surface area contributed by atoms with Crippen LogP contribution >= 0.6 is 11.3 Å². The molecule has 0 aliphatic carbocycles. The lowest BCUT2D eigenvalue weighted by molar-refractivity contribution is 0.520. The van der Waals surface area contributed by atoms with E-state index in [9.17, 15) is 17.2 Å². The zero-order valence-electron chi connectivity index (χ0n) is 8.93. The van der Waals surface area contributed by atoms with Gasteiger partial charge in [0.2, 0.25) is 0 Å². The Balaban J connectivity index is 2.48. The molecule has 0 amide bonds. The molecule has 1 heterocycles. The molecule has 96 valence electrons. The van der Waals surface area contributed by atoms with Crippen LogP contribution in [0.5, 0.6) is 0 Å². The number of hydrogen-bond donors (Lipinski definition) is 1. The standard InChI is InChI=1S/C10H8F2N2O2S2/c11-7-3-6(13)4-8(12)10(7)18(15,16)5-9-14-1-2-17-9/h1-4H,5,13H2. The Morgan fingerprint density at radius 3 is 2.39 bits per heavy atom. The summed E-state index contributed by atoms with van der Waals surface area (Å²) in [4.78, 5) is 2.81. The first-order valence-electron chi connectivity index (χ1n) is 4.76. The third kappa shape index (κ3) is 2.49. The summed E-state index contributed by atoms with van der Waals surface area (Å²) in [7, 11) is -4.12. The molecule has 1 aromatic heterocycles. The van der Waals surface area contributed by atoms with Crippen molar-refractivity contribution in [2.24, 2.45) is 0 Å². The molecule has 0 aliphatic heterocycles. The molecule has 0 radical (unpaired) electrons. The summed E-state index contributed by atoms with van der Waals surface area (Å²) in [6, 6.07) is 1.55. The largest absolute Gasteiger partial charge is 0.399 e. The molecule has 4 nitrogen and oxygen atoms in total. The Morgan fingerprint density at radius 2 is 1.89 bits per heavy atom. The van der Waals surface area contributed by atoms with E-state index in [0.29, 0.717) is 0 Å². The van der Waals surface area contributed by atoms with Gasteiger partial charge < -0.3 is 5.73 Å². The summed E-state index contributed by atoms with van der Waals surface area (Å²) in [5.41, 5.74) is 5.05. The summed E-state index contributed by atoms with van der Waals surface area (Å²) in [6.07, 6.45) is 1.42. The van der Waals surface area contributed by atoms with E-state index in [0.717, 1.165) is 23.5 Å². The van der Waals surface area contributed by atoms with Crippen LogP contribution in [0.3, 0.4) is 0 Å². The fourth-order valence-corrected chi connectivity index (χ4v) is 3.83. The Labute approximate surface area is 106 Å². The lowest BCUT2D eigenvalue weighted by Gasteiger charge is -2.06. The molecule has 0 spiro atoms. The van der Waals surface area contributed by atoms with E-state index in [1.165, 1.54) is 6.20 Å². The molecule has 1 aromatic carbocycles. The van der Waals surface area contributed by atoms with E-state index >= 15 is 0 Å². The van der Waals surface area contributed by atoms with Gasteiger partial charge in [0.25, 0.3) is 0 Å². The van der Waals surface area contributed by atoms with Gasteiger partial charge in [-0.3, -0.25) is 0 Å². The SMILES string of the molecule is Nc1cc(F)c(S(=O)(=O)Cc2nccs2)c(F)c1. The molecule has 0 bridgehead atoms. The predicted octanol–water partition coefficient (Wildman–Crippen LogP) is 1.98. The molecule has 2 N–H and O–H groups in total. The van der Waals surface area contributed by atoms with Crippen molar-refractivity contribution in [2.75, 3.05) is 5.73 Å². The molecule has 0 atom stereocenters. The second kappa shape index (κ2) is 4.62. The molecule has 0 saturated carbocycles. The lowest BCUT2D eigenvalue weighted by atomic mass is 10.3. The van der Waals surface area contributed by atoms with Crippen LogP contribution < -0.4 is 5.73 Å². The van der Waals surface area contributed by atoms with E-state index in [4.69, 9.17) is 5.73 Å². The molecule has 2 rings (SSSR count). The van der Waals surface area contributed by atoms with E-state index < -0.39 is 32.1 Å². The summed E-state index contributed by atoms with van der Waals surface area (Å²) in [5.74, 6) is -2.92. The highest BCUT2D eigenvalue weighted by atomic mass is 32.2. The Kier molecular flexibility index (Phi) is 3.31. The first-order chi connectivity index (χ1) is 8.40. The molecule has 2 aromatic rings. The van der Waals surface area contributed by atoms with Gasteiger partial charge in [0, 0.05) is 17.3 Å². The van der Waals surface area contributed by atoms with Crippen LogP contribution in [0.1, 0.15) is 5.01 Å². The topological polar surface area (TPSA) is 73.1 Å². The van der Waals surface area contributed by atoms with Crippen molar-refractivity contribution in [1.82, 2.24) is 4.98 Å². The maximum absolute atomic E-state index is 13.5.